The summed E-state index contributed by atoms with van der Waals surface area (Å²) in [5.74, 6) is 0.418. The van der Waals surface area contributed by atoms with Crippen LogP contribution in [0.3, 0.4) is 0 Å². The molecule has 2 N–H and O–H groups in total. The summed E-state index contributed by atoms with van der Waals surface area (Å²) >= 11 is 0. The van der Waals surface area contributed by atoms with E-state index in [1.54, 1.807) is 6.26 Å². The van der Waals surface area contributed by atoms with Crippen molar-refractivity contribution < 1.29 is 13.9 Å². The number of nitrogens with zero attached hydrogens (tertiary/aromatic N) is 1. The second kappa shape index (κ2) is 6.51. The molecule has 110 valence electrons. The fourth-order valence-corrected chi connectivity index (χ4v) is 2.13. The predicted octanol–water partition coefficient (Wildman–Crippen LogP) is 0.946. The number of hydrogen-bond donors (Lipinski definition) is 2. The Labute approximate surface area is 122 Å². The molecular formula is C15H17N3O3. The highest BCUT2D eigenvalue weighted by Crippen LogP contribution is 2.17. The monoisotopic (exact) mass is 287 g/mol. The SMILES string of the molecule is O=C(NCc1coc(-c2ccccc2)n1)C1CNCCO1. The lowest BCUT2D eigenvalue weighted by Crippen LogP contribution is -2.47. The summed E-state index contributed by atoms with van der Waals surface area (Å²) in [6.45, 7) is 2.21. The van der Waals surface area contributed by atoms with Crippen LogP contribution in [-0.4, -0.2) is 36.7 Å². The third-order valence-corrected chi connectivity index (χ3v) is 3.24. The summed E-state index contributed by atoms with van der Waals surface area (Å²) in [6, 6.07) is 9.64. The van der Waals surface area contributed by atoms with Gasteiger partial charge in [-0.25, -0.2) is 4.98 Å². The largest absolute Gasteiger partial charge is 0.444 e. The van der Waals surface area contributed by atoms with Crippen LogP contribution in [-0.2, 0) is 16.1 Å². The minimum absolute atomic E-state index is 0.133. The lowest BCUT2D eigenvalue weighted by molar-refractivity contribution is -0.134. The van der Waals surface area contributed by atoms with Gasteiger partial charge in [0.1, 0.15) is 12.4 Å². The number of hydrogen-bond acceptors (Lipinski definition) is 5. The van der Waals surface area contributed by atoms with Crippen molar-refractivity contribution in [3.63, 3.8) is 0 Å². The normalized spacial score (nSPS) is 18.4. The highest BCUT2D eigenvalue weighted by atomic mass is 16.5. The van der Waals surface area contributed by atoms with Crippen LogP contribution >= 0.6 is 0 Å². The number of rotatable bonds is 4. The van der Waals surface area contributed by atoms with E-state index in [4.69, 9.17) is 9.15 Å². The van der Waals surface area contributed by atoms with Gasteiger partial charge in [0.05, 0.1) is 18.8 Å². The van der Waals surface area contributed by atoms with Crippen molar-refractivity contribution >= 4 is 5.91 Å². The minimum Gasteiger partial charge on any atom is -0.444 e. The smallest absolute Gasteiger partial charge is 0.250 e. The van der Waals surface area contributed by atoms with Gasteiger partial charge in [0.2, 0.25) is 5.89 Å². The van der Waals surface area contributed by atoms with E-state index in [2.05, 4.69) is 15.6 Å². The molecular weight excluding hydrogens is 270 g/mol. The Balaban J connectivity index is 1.56. The average Bonchev–Trinajstić information content (AvgIpc) is 3.03. The first-order valence-electron chi connectivity index (χ1n) is 6.93. The Morgan fingerprint density at radius 2 is 2.24 bits per heavy atom. The first-order valence-corrected chi connectivity index (χ1v) is 6.93. The lowest BCUT2D eigenvalue weighted by Gasteiger charge is -2.22. The lowest BCUT2D eigenvalue weighted by atomic mass is 10.2. The highest BCUT2D eigenvalue weighted by Gasteiger charge is 2.21. The number of oxazole rings is 1. The zero-order valence-electron chi connectivity index (χ0n) is 11.5. The molecule has 1 aliphatic rings. The van der Waals surface area contributed by atoms with E-state index in [-0.39, 0.29) is 5.91 Å². The van der Waals surface area contributed by atoms with Gasteiger partial charge in [0.15, 0.2) is 0 Å². The van der Waals surface area contributed by atoms with E-state index in [9.17, 15) is 4.79 Å². The Hall–Kier alpha value is -2.18. The van der Waals surface area contributed by atoms with Crippen molar-refractivity contribution in [1.82, 2.24) is 15.6 Å². The van der Waals surface area contributed by atoms with Crippen LogP contribution in [0.25, 0.3) is 11.5 Å². The molecule has 1 saturated heterocycles. The van der Waals surface area contributed by atoms with E-state index in [0.29, 0.717) is 31.3 Å². The maximum Gasteiger partial charge on any atom is 0.250 e. The molecule has 0 radical (unpaired) electrons. The topological polar surface area (TPSA) is 76.4 Å². The van der Waals surface area contributed by atoms with E-state index < -0.39 is 6.10 Å². The van der Waals surface area contributed by atoms with Crippen LogP contribution in [0, 0.1) is 0 Å². The molecule has 6 heteroatoms. The molecule has 0 aliphatic carbocycles. The van der Waals surface area contributed by atoms with Crippen molar-refractivity contribution in [3.8, 4) is 11.5 Å². The molecule has 0 spiro atoms. The molecule has 1 amide bonds. The van der Waals surface area contributed by atoms with Crippen LogP contribution in [0.4, 0.5) is 0 Å². The van der Waals surface area contributed by atoms with E-state index in [0.717, 1.165) is 12.1 Å². The zero-order chi connectivity index (χ0) is 14.5. The summed E-state index contributed by atoms with van der Waals surface area (Å²) in [7, 11) is 0. The van der Waals surface area contributed by atoms with Crippen molar-refractivity contribution in [2.75, 3.05) is 19.7 Å². The van der Waals surface area contributed by atoms with Crippen LogP contribution in [0.5, 0.6) is 0 Å². The maximum atomic E-state index is 11.9. The fraction of sp³-hybridized carbons (Fsp3) is 0.333. The quantitative estimate of drug-likeness (QED) is 0.875. The molecule has 1 aromatic carbocycles. The minimum atomic E-state index is -0.431. The van der Waals surface area contributed by atoms with Gasteiger partial charge in [-0.05, 0) is 12.1 Å². The molecule has 2 heterocycles. The number of nitrogens with one attached hydrogen (secondary N) is 2. The first-order chi connectivity index (χ1) is 10.3. The third-order valence-electron chi connectivity index (χ3n) is 3.24. The molecule has 2 aromatic rings. The molecule has 21 heavy (non-hydrogen) atoms. The molecule has 0 saturated carbocycles. The van der Waals surface area contributed by atoms with Gasteiger partial charge < -0.3 is 19.8 Å². The standard InChI is InChI=1S/C15H17N3O3/c19-14(13-9-16-6-7-20-13)17-8-12-10-21-15(18-12)11-4-2-1-3-5-11/h1-5,10,13,16H,6-9H2,(H,17,19). The van der Waals surface area contributed by atoms with Gasteiger partial charge in [-0.15, -0.1) is 0 Å². The molecule has 1 aromatic heterocycles. The summed E-state index contributed by atoms with van der Waals surface area (Å²) < 4.78 is 10.8. The second-order valence-electron chi connectivity index (χ2n) is 4.79. The Kier molecular flexibility index (Phi) is 4.28. The Bertz CT molecular complexity index is 591. The number of carbonyl (C=O) groups is 1. The first kappa shape index (κ1) is 13.8. The van der Waals surface area contributed by atoms with E-state index in [1.165, 1.54) is 0 Å². The average molecular weight is 287 g/mol. The molecule has 1 aliphatic heterocycles. The van der Waals surface area contributed by atoms with E-state index in [1.807, 2.05) is 30.3 Å². The molecule has 6 nitrogen and oxygen atoms in total. The van der Waals surface area contributed by atoms with Gasteiger partial charge in [-0.1, -0.05) is 18.2 Å². The predicted molar refractivity (Wildman–Crippen MR) is 76.4 cm³/mol. The third kappa shape index (κ3) is 3.48. The Morgan fingerprint density at radius 3 is 3.00 bits per heavy atom. The Morgan fingerprint density at radius 1 is 1.38 bits per heavy atom. The van der Waals surface area contributed by atoms with Crippen LogP contribution in [0.1, 0.15) is 5.69 Å². The number of aromatic nitrogens is 1. The van der Waals surface area contributed by atoms with Crippen LogP contribution in [0.15, 0.2) is 41.0 Å². The second-order valence-corrected chi connectivity index (χ2v) is 4.79. The van der Waals surface area contributed by atoms with Crippen molar-refractivity contribution in [2.45, 2.75) is 12.6 Å². The summed E-state index contributed by atoms with van der Waals surface area (Å²) in [5.41, 5.74) is 1.60. The van der Waals surface area contributed by atoms with Crippen LogP contribution < -0.4 is 10.6 Å². The highest BCUT2D eigenvalue weighted by molar-refractivity contribution is 5.81. The molecule has 3 rings (SSSR count). The van der Waals surface area contributed by atoms with Crippen LogP contribution in [0.2, 0.25) is 0 Å². The molecule has 0 bridgehead atoms. The number of amides is 1. The molecule has 1 unspecified atom stereocenters. The number of benzene rings is 1. The molecule has 1 atom stereocenters. The molecule has 1 fully saturated rings. The van der Waals surface area contributed by atoms with Gasteiger partial charge in [-0.3, -0.25) is 4.79 Å². The summed E-state index contributed by atoms with van der Waals surface area (Å²) in [5, 5.41) is 5.93. The van der Waals surface area contributed by atoms with E-state index >= 15 is 0 Å². The van der Waals surface area contributed by atoms with Crippen molar-refractivity contribution in [1.29, 1.82) is 0 Å². The van der Waals surface area contributed by atoms with Gasteiger partial charge >= 0.3 is 0 Å². The zero-order valence-corrected chi connectivity index (χ0v) is 11.5. The fourth-order valence-electron chi connectivity index (χ4n) is 2.13. The number of ether oxygens (including phenoxy) is 1. The number of carbonyl (C=O) groups excluding carboxylic acids is 1. The van der Waals surface area contributed by atoms with Gasteiger partial charge in [0, 0.05) is 18.7 Å². The number of morpholine rings is 1. The van der Waals surface area contributed by atoms with Gasteiger partial charge in [0.25, 0.3) is 5.91 Å². The summed E-state index contributed by atoms with van der Waals surface area (Å²) in [4.78, 5) is 16.3. The van der Waals surface area contributed by atoms with Gasteiger partial charge in [-0.2, -0.15) is 0 Å². The maximum absolute atomic E-state index is 11.9. The summed E-state index contributed by atoms with van der Waals surface area (Å²) in [6.07, 6.45) is 1.13. The van der Waals surface area contributed by atoms with Crippen molar-refractivity contribution in [2.24, 2.45) is 0 Å². The van der Waals surface area contributed by atoms with Crippen molar-refractivity contribution in [3.05, 3.63) is 42.3 Å².